The van der Waals surface area contributed by atoms with Crippen LogP contribution in [0.5, 0.6) is 0 Å². The largest absolute Gasteiger partial charge is 0.480 e. The number of carboxylic acids is 1. The molecular formula is C10H18N6O3. The third kappa shape index (κ3) is 4.19. The number of nitrogens with one attached hydrogen (secondary N) is 3. The second-order valence-corrected chi connectivity index (χ2v) is 4.31. The lowest BCUT2D eigenvalue weighted by atomic mass is 9.99. The van der Waals surface area contributed by atoms with E-state index in [4.69, 9.17) is 5.11 Å². The molecule has 106 valence electrons. The van der Waals surface area contributed by atoms with Gasteiger partial charge in [0.2, 0.25) is 0 Å². The minimum atomic E-state index is -1.06. The summed E-state index contributed by atoms with van der Waals surface area (Å²) >= 11 is 0. The van der Waals surface area contributed by atoms with Crippen LogP contribution in [0.25, 0.3) is 0 Å². The van der Waals surface area contributed by atoms with Gasteiger partial charge in [0.1, 0.15) is 6.04 Å². The van der Waals surface area contributed by atoms with Crippen LogP contribution in [0.4, 0.5) is 4.79 Å². The molecule has 0 aromatic carbocycles. The van der Waals surface area contributed by atoms with Crippen molar-refractivity contribution in [3.8, 4) is 0 Å². The third-order valence-electron chi connectivity index (χ3n) is 2.86. The van der Waals surface area contributed by atoms with Crippen molar-refractivity contribution < 1.29 is 14.7 Å². The van der Waals surface area contributed by atoms with Crippen molar-refractivity contribution in [2.75, 3.05) is 0 Å². The molecule has 1 rings (SSSR count). The fraction of sp³-hybridized carbons (Fsp3) is 0.700. The Morgan fingerprint density at radius 3 is 2.53 bits per heavy atom. The zero-order chi connectivity index (χ0) is 14.4. The number of hydrogen-bond acceptors (Lipinski definition) is 5. The first-order valence-electron chi connectivity index (χ1n) is 5.98. The number of amides is 2. The Morgan fingerprint density at radius 2 is 2.05 bits per heavy atom. The molecule has 0 spiro atoms. The van der Waals surface area contributed by atoms with E-state index in [2.05, 4.69) is 31.3 Å². The minimum Gasteiger partial charge on any atom is -0.480 e. The van der Waals surface area contributed by atoms with Crippen molar-refractivity contribution in [1.82, 2.24) is 31.3 Å². The van der Waals surface area contributed by atoms with Gasteiger partial charge in [-0.3, -0.25) is 0 Å². The SMILES string of the molecule is CC[C@H](C)[C@H](NC(=O)NC(C)c1nn[nH]n1)C(=O)O. The summed E-state index contributed by atoms with van der Waals surface area (Å²) in [7, 11) is 0. The maximum Gasteiger partial charge on any atom is 0.326 e. The molecule has 9 heteroatoms. The first-order valence-corrected chi connectivity index (χ1v) is 5.98. The van der Waals surface area contributed by atoms with E-state index in [-0.39, 0.29) is 5.92 Å². The van der Waals surface area contributed by atoms with Crippen LogP contribution >= 0.6 is 0 Å². The second kappa shape index (κ2) is 6.66. The predicted molar refractivity (Wildman–Crippen MR) is 65.1 cm³/mol. The molecule has 0 aliphatic rings. The van der Waals surface area contributed by atoms with E-state index in [1.54, 1.807) is 13.8 Å². The van der Waals surface area contributed by atoms with Crippen LogP contribution in [0.3, 0.4) is 0 Å². The van der Waals surface area contributed by atoms with Crippen molar-refractivity contribution in [3.05, 3.63) is 5.82 Å². The van der Waals surface area contributed by atoms with Gasteiger partial charge in [-0.25, -0.2) is 9.59 Å². The van der Waals surface area contributed by atoms with Crippen molar-refractivity contribution >= 4 is 12.0 Å². The van der Waals surface area contributed by atoms with Gasteiger partial charge in [0.25, 0.3) is 0 Å². The monoisotopic (exact) mass is 270 g/mol. The highest BCUT2D eigenvalue weighted by atomic mass is 16.4. The number of hydrogen-bond donors (Lipinski definition) is 4. The van der Waals surface area contributed by atoms with Crippen molar-refractivity contribution in [3.63, 3.8) is 0 Å². The van der Waals surface area contributed by atoms with Crippen molar-refractivity contribution in [1.29, 1.82) is 0 Å². The molecular weight excluding hydrogens is 252 g/mol. The summed E-state index contributed by atoms with van der Waals surface area (Å²) in [5.41, 5.74) is 0. The van der Waals surface area contributed by atoms with E-state index in [1.165, 1.54) is 0 Å². The number of tetrazole rings is 1. The molecule has 3 atom stereocenters. The van der Waals surface area contributed by atoms with Gasteiger partial charge in [-0.1, -0.05) is 25.5 Å². The van der Waals surface area contributed by atoms with E-state index in [0.29, 0.717) is 12.2 Å². The molecule has 0 radical (unpaired) electrons. The van der Waals surface area contributed by atoms with E-state index < -0.39 is 24.1 Å². The van der Waals surface area contributed by atoms with Gasteiger partial charge in [-0.15, -0.1) is 10.2 Å². The lowest BCUT2D eigenvalue weighted by Crippen LogP contribution is -2.49. The van der Waals surface area contributed by atoms with Gasteiger partial charge < -0.3 is 15.7 Å². The lowest BCUT2D eigenvalue weighted by molar-refractivity contribution is -0.140. The molecule has 9 nitrogen and oxygen atoms in total. The number of carbonyl (C=O) groups excluding carboxylic acids is 1. The van der Waals surface area contributed by atoms with Crippen LogP contribution in [0.2, 0.25) is 0 Å². The summed E-state index contributed by atoms with van der Waals surface area (Å²) in [6.07, 6.45) is 0.650. The first-order chi connectivity index (χ1) is 8.95. The number of carbonyl (C=O) groups is 2. The quantitative estimate of drug-likeness (QED) is 0.577. The zero-order valence-corrected chi connectivity index (χ0v) is 11.0. The smallest absolute Gasteiger partial charge is 0.326 e. The highest BCUT2D eigenvalue weighted by Crippen LogP contribution is 2.08. The fourth-order valence-corrected chi connectivity index (χ4v) is 1.48. The molecule has 4 N–H and O–H groups in total. The van der Waals surface area contributed by atoms with Crippen molar-refractivity contribution in [2.45, 2.75) is 39.3 Å². The van der Waals surface area contributed by atoms with E-state index >= 15 is 0 Å². The molecule has 1 aromatic heterocycles. The predicted octanol–water partition coefficient (Wildman–Crippen LogP) is 0.0592. The summed E-state index contributed by atoms with van der Waals surface area (Å²) in [5, 5.41) is 27.1. The molecule has 0 saturated carbocycles. The molecule has 19 heavy (non-hydrogen) atoms. The Kier molecular flexibility index (Phi) is 5.22. The molecule has 0 aliphatic heterocycles. The summed E-state index contributed by atoms with van der Waals surface area (Å²) in [5.74, 6) is -0.897. The number of aromatic nitrogens is 4. The molecule has 0 saturated heterocycles. The maximum absolute atomic E-state index is 11.7. The Bertz CT molecular complexity index is 421. The second-order valence-electron chi connectivity index (χ2n) is 4.31. The van der Waals surface area contributed by atoms with Crippen molar-refractivity contribution in [2.24, 2.45) is 5.92 Å². The van der Waals surface area contributed by atoms with Gasteiger partial charge in [0.15, 0.2) is 5.82 Å². The number of urea groups is 1. The maximum atomic E-state index is 11.7. The lowest BCUT2D eigenvalue weighted by Gasteiger charge is -2.21. The normalized spacial score (nSPS) is 15.3. The molecule has 1 unspecified atom stereocenters. The number of aliphatic carboxylic acids is 1. The fourth-order valence-electron chi connectivity index (χ4n) is 1.48. The van der Waals surface area contributed by atoms with Crippen LogP contribution < -0.4 is 10.6 Å². The molecule has 0 aliphatic carbocycles. The summed E-state index contributed by atoms with van der Waals surface area (Å²) in [4.78, 5) is 22.8. The number of rotatable bonds is 6. The average Bonchev–Trinajstić information content (AvgIpc) is 2.88. The highest BCUT2D eigenvalue weighted by molar-refractivity contribution is 5.82. The van der Waals surface area contributed by atoms with E-state index in [9.17, 15) is 9.59 Å². The van der Waals surface area contributed by atoms with E-state index in [0.717, 1.165) is 0 Å². The molecule has 0 fully saturated rings. The number of nitrogens with zero attached hydrogens (tertiary/aromatic N) is 3. The van der Waals surface area contributed by atoms with Gasteiger partial charge in [0, 0.05) is 0 Å². The Morgan fingerprint density at radius 1 is 1.37 bits per heavy atom. The first kappa shape index (κ1) is 14.9. The summed E-state index contributed by atoms with van der Waals surface area (Å²) < 4.78 is 0. The average molecular weight is 270 g/mol. The summed E-state index contributed by atoms with van der Waals surface area (Å²) in [6.45, 7) is 5.30. The standard InChI is InChI=1S/C10H18N6O3/c1-4-5(2)7(9(17)18)12-10(19)11-6(3)8-13-15-16-14-8/h5-7H,4H2,1-3H3,(H,17,18)(H2,11,12,19)(H,13,14,15,16)/t5-,6?,7-/m0/s1. The number of carboxylic acid groups (broad SMARTS) is 1. The van der Waals surface area contributed by atoms with Gasteiger partial charge >= 0.3 is 12.0 Å². The minimum absolute atomic E-state index is 0.163. The van der Waals surface area contributed by atoms with Crippen LogP contribution in [0.15, 0.2) is 0 Å². The third-order valence-corrected chi connectivity index (χ3v) is 2.86. The highest BCUT2D eigenvalue weighted by Gasteiger charge is 2.26. The summed E-state index contributed by atoms with van der Waals surface area (Å²) in [6, 6.07) is -1.97. The van der Waals surface area contributed by atoms with Crippen LogP contribution in [-0.2, 0) is 4.79 Å². The Balaban J connectivity index is 2.56. The molecule has 0 bridgehead atoms. The number of H-pyrrole nitrogens is 1. The zero-order valence-electron chi connectivity index (χ0n) is 11.0. The van der Waals surface area contributed by atoms with Gasteiger partial charge in [0.05, 0.1) is 6.04 Å². The topological polar surface area (TPSA) is 133 Å². The molecule has 1 aromatic rings. The molecule has 2 amide bonds. The van der Waals surface area contributed by atoms with Gasteiger partial charge in [-0.2, -0.15) is 5.21 Å². The van der Waals surface area contributed by atoms with Gasteiger partial charge in [-0.05, 0) is 12.8 Å². The van der Waals surface area contributed by atoms with Crippen LogP contribution in [-0.4, -0.2) is 43.8 Å². The Hall–Kier alpha value is -2.19. The van der Waals surface area contributed by atoms with Crippen LogP contribution in [0.1, 0.15) is 39.1 Å². The Labute approximate surface area is 110 Å². The molecule has 1 heterocycles. The van der Waals surface area contributed by atoms with E-state index in [1.807, 2.05) is 6.92 Å². The number of aromatic amines is 1. The van der Waals surface area contributed by atoms with Crippen LogP contribution in [0, 0.1) is 5.92 Å².